The van der Waals surface area contributed by atoms with Crippen molar-refractivity contribution in [3.63, 3.8) is 0 Å². The van der Waals surface area contributed by atoms with Gasteiger partial charge in [0.1, 0.15) is 18.1 Å². The lowest BCUT2D eigenvalue weighted by Gasteiger charge is -2.08. The molecular formula is C18H13ClFN3O5. The first kappa shape index (κ1) is 19.3. The Morgan fingerprint density at radius 3 is 2.82 bits per heavy atom. The Hall–Kier alpha value is -3.46. The summed E-state index contributed by atoms with van der Waals surface area (Å²) in [5.41, 5.74) is -0.262. The zero-order valence-electron chi connectivity index (χ0n) is 14.4. The monoisotopic (exact) mass is 405 g/mol. The number of halogens is 2. The fourth-order valence-electron chi connectivity index (χ4n) is 2.39. The summed E-state index contributed by atoms with van der Waals surface area (Å²) in [4.78, 5) is 23.1. The highest BCUT2D eigenvalue weighted by Crippen LogP contribution is 2.29. The molecule has 0 aliphatic rings. The number of ether oxygens (including phenoxy) is 1. The Bertz CT molecular complexity index is 1050. The first-order valence-electron chi connectivity index (χ1n) is 7.94. The Balaban J connectivity index is 1.82. The molecular weight excluding hydrogens is 393 g/mol. The van der Waals surface area contributed by atoms with Gasteiger partial charge in [-0.3, -0.25) is 14.9 Å². The van der Waals surface area contributed by atoms with Crippen LogP contribution >= 0.6 is 11.6 Å². The molecule has 0 spiro atoms. The minimum atomic E-state index is -0.741. The zero-order chi connectivity index (χ0) is 20.3. The maximum atomic E-state index is 13.7. The van der Waals surface area contributed by atoms with Crippen molar-refractivity contribution in [3.05, 3.63) is 80.4 Å². The number of benzene rings is 2. The lowest BCUT2D eigenvalue weighted by molar-refractivity contribution is -0.383. The Morgan fingerprint density at radius 1 is 1.36 bits per heavy atom. The van der Waals surface area contributed by atoms with Crippen molar-refractivity contribution in [2.24, 2.45) is 0 Å². The van der Waals surface area contributed by atoms with Crippen molar-refractivity contribution in [2.75, 3.05) is 5.32 Å². The van der Waals surface area contributed by atoms with E-state index in [0.29, 0.717) is 5.76 Å². The second-order valence-corrected chi connectivity index (χ2v) is 6.09. The maximum absolute atomic E-state index is 13.7. The first-order valence-corrected chi connectivity index (χ1v) is 8.32. The van der Waals surface area contributed by atoms with Gasteiger partial charge >= 0.3 is 0 Å². The van der Waals surface area contributed by atoms with Crippen LogP contribution in [0.5, 0.6) is 5.75 Å². The van der Waals surface area contributed by atoms with E-state index in [-0.39, 0.29) is 40.0 Å². The van der Waals surface area contributed by atoms with Crippen molar-refractivity contribution in [2.45, 2.75) is 13.5 Å². The standard InChI is InChI=1S/C18H13ClFN3O5/c1-10-12(9-27-16-5-3-2-4-13(16)20)17(22-28-10)18(24)21-14-7-6-11(19)8-15(14)23(25)26/h2-8H,9H2,1H3,(H,21,24). The summed E-state index contributed by atoms with van der Waals surface area (Å²) in [6.45, 7) is 1.39. The number of nitro benzene ring substituents is 1. The van der Waals surface area contributed by atoms with Crippen LogP contribution in [0.25, 0.3) is 0 Å². The van der Waals surface area contributed by atoms with Crippen molar-refractivity contribution < 1.29 is 23.4 Å². The average Bonchev–Trinajstić information content (AvgIpc) is 3.03. The number of aromatic nitrogens is 1. The summed E-state index contributed by atoms with van der Waals surface area (Å²) < 4.78 is 24.1. The van der Waals surface area contributed by atoms with Gasteiger partial charge in [0.25, 0.3) is 11.6 Å². The van der Waals surface area contributed by atoms with Crippen LogP contribution in [0.1, 0.15) is 21.8 Å². The average molecular weight is 406 g/mol. The summed E-state index contributed by atoms with van der Waals surface area (Å²) in [5, 5.41) is 17.4. The van der Waals surface area contributed by atoms with Crippen LogP contribution in [-0.2, 0) is 6.61 Å². The molecule has 28 heavy (non-hydrogen) atoms. The molecule has 0 bridgehead atoms. The molecule has 0 aliphatic carbocycles. The van der Waals surface area contributed by atoms with Crippen LogP contribution in [-0.4, -0.2) is 16.0 Å². The largest absolute Gasteiger partial charge is 0.486 e. The molecule has 0 radical (unpaired) electrons. The second-order valence-electron chi connectivity index (χ2n) is 5.66. The molecule has 3 rings (SSSR count). The Kier molecular flexibility index (Phi) is 5.55. The molecule has 0 saturated carbocycles. The molecule has 0 fully saturated rings. The Morgan fingerprint density at radius 2 is 2.11 bits per heavy atom. The molecule has 2 aromatic carbocycles. The number of amides is 1. The molecule has 1 N–H and O–H groups in total. The second kappa shape index (κ2) is 8.05. The van der Waals surface area contributed by atoms with E-state index in [0.717, 1.165) is 6.07 Å². The van der Waals surface area contributed by atoms with Gasteiger partial charge in [-0.15, -0.1) is 0 Å². The lowest BCUT2D eigenvalue weighted by Crippen LogP contribution is -2.16. The topological polar surface area (TPSA) is 108 Å². The van der Waals surface area contributed by atoms with Gasteiger partial charge in [-0.05, 0) is 31.2 Å². The number of nitro groups is 1. The third-order valence-corrected chi connectivity index (χ3v) is 4.05. The van der Waals surface area contributed by atoms with Crippen LogP contribution in [0, 0.1) is 22.9 Å². The SMILES string of the molecule is Cc1onc(C(=O)Nc2ccc(Cl)cc2[N+](=O)[O-])c1COc1ccccc1F. The molecule has 0 unspecified atom stereocenters. The molecule has 0 saturated heterocycles. The molecule has 10 heteroatoms. The van der Waals surface area contributed by atoms with Crippen molar-refractivity contribution >= 4 is 28.9 Å². The fraction of sp³-hybridized carbons (Fsp3) is 0.111. The molecule has 0 aliphatic heterocycles. The van der Waals surface area contributed by atoms with Crippen LogP contribution in [0.3, 0.4) is 0 Å². The number of hydrogen-bond donors (Lipinski definition) is 1. The van der Waals surface area contributed by atoms with E-state index in [2.05, 4.69) is 10.5 Å². The van der Waals surface area contributed by atoms with E-state index in [4.69, 9.17) is 20.9 Å². The third kappa shape index (κ3) is 4.09. The van der Waals surface area contributed by atoms with Gasteiger partial charge in [0.05, 0.1) is 10.5 Å². The van der Waals surface area contributed by atoms with Crippen molar-refractivity contribution in [3.8, 4) is 5.75 Å². The van der Waals surface area contributed by atoms with E-state index >= 15 is 0 Å². The zero-order valence-corrected chi connectivity index (χ0v) is 15.2. The fourth-order valence-corrected chi connectivity index (χ4v) is 2.56. The van der Waals surface area contributed by atoms with Crippen LogP contribution < -0.4 is 10.1 Å². The van der Waals surface area contributed by atoms with Crippen molar-refractivity contribution in [1.82, 2.24) is 5.16 Å². The van der Waals surface area contributed by atoms with Gasteiger partial charge in [-0.2, -0.15) is 0 Å². The molecule has 1 aromatic heterocycles. The number of anilines is 1. The van der Waals surface area contributed by atoms with Gasteiger partial charge in [0, 0.05) is 11.1 Å². The number of aryl methyl sites for hydroxylation is 1. The Labute approximate surface area is 163 Å². The van der Waals surface area contributed by atoms with Gasteiger partial charge in [0.15, 0.2) is 17.3 Å². The van der Waals surface area contributed by atoms with E-state index in [1.54, 1.807) is 13.0 Å². The van der Waals surface area contributed by atoms with Crippen molar-refractivity contribution in [1.29, 1.82) is 0 Å². The number of carbonyl (C=O) groups excluding carboxylic acids is 1. The normalized spacial score (nSPS) is 10.5. The predicted molar refractivity (Wildman–Crippen MR) is 98.0 cm³/mol. The molecule has 0 atom stereocenters. The van der Waals surface area contributed by atoms with E-state index < -0.39 is 16.6 Å². The molecule has 1 heterocycles. The molecule has 144 valence electrons. The smallest absolute Gasteiger partial charge is 0.294 e. The number of nitrogens with one attached hydrogen (secondary N) is 1. The van der Waals surface area contributed by atoms with Crippen LogP contribution in [0.2, 0.25) is 5.02 Å². The number of rotatable bonds is 6. The van der Waals surface area contributed by atoms with Gasteiger partial charge < -0.3 is 14.6 Å². The summed E-state index contributed by atoms with van der Waals surface area (Å²) in [6, 6.07) is 9.63. The van der Waals surface area contributed by atoms with Gasteiger partial charge in [-0.1, -0.05) is 28.9 Å². The highest BCUT2D eigenvalue weighted by atomic mass is 35.5. The number of nitrogens with zero attached hydrogens (tertiary/aromatic N) is 2. The van der Waals surface area contributed by atoms with Crippen LogP contribution in [0.15, 0.2) is 47.0 Å². The van der Waals surface area contributed by atoms with E-state index in [9.17, 15) is 19.3 Å². The summed E-state index contributed by atoms with van der Waals surface area (Å²) >= 11 is 5.76. The van der Waals surface area contributed by atoms with E-state index in [1.807, 2.05) is 0 Å². The number of hydrogen-bond acceptors (Lipinski definition) is 6. The number of para-hydroxylation sites is 1. The molecule has 8 nitrogen and oxygen atoms in total. The quantitative estimate of drug-likeness (QED) is 0.477. The third-order valence-electron chi connectivity index (χ3n) is 3.81. The number of carbonyl (C=O) groups is 1. The molecule has 1 amide bonds. The van der Waals surface area contributed by atoms with Gasteiger partial charge in [-0.25, -0.2) is 4.39 Å². The summed E-state index contributed by atoms with van der Waals surface area (Å²) in [6.07, 6.45) is 0. The summed E-state index contributed by atoms with van der Waals surface area (Å²) in [5.74, 6) is -0.997. The highest BCUT2D eigenvalue weighted by Gasteiger charge is 2.24. The van der Waals surface area contributed by atoms with E-state index in [1.165, 1.54) is 30.3 Å². The minimum absolute atomic E-state index is 0.00259. The lowest BCUT2D eigenvalue weighted by atomic mass is 10.2. The maximum Gasteiger partial charge on any atom is 0.294 e. The molecule has 3 aromatic rings. The first-order chi connectivity index (χ1) is 13.4. The highest BCUT2D eigenvalue weighted by molar-refractivity contribution is 6.31. The summed E-state index contributed by atoms with van der Waals surface area (Å²) in [7, 11) is 0. The predicted octanol–water partition coefficient (Wildman–Crippen LogP) is 4.52. The van der Waals surface area contributed by atoms with Crippen LogP contribution in [0.4, 0.5) is 15.8 Å². The van der Waals surface area contributed by atoms with Gasteiger partial charge in [0.2, 0.25) is 0 Å². The minimum Gasteiger partial charge on any atom is -0.486 e.